The number of benzene rings is 2. The molecule has 106 valence electrons. The van der Waals surface area contributed by atoms with Gasteiger partial charge in [0.2, 0.25) is 0 Å². The molecule has 1 aliphatic carbocycles. The van der Waals surface area contributed by atoms with Gasteiger partial charge in [0.25, 0.3) is 0 Å². The van der Waals surface area contributed by atoms with E-state index in [4.69, 9.17) is 0 Å². The molecule has 4 rings (SSSR count). The Morgan fingerprint density at radius 2 is 1.95 bits per heavy atom. The summed E-state index contributed by atoms with van der Waals surface area (Å²) in [4.78, 5) is 0. The number of hydrogen-bond acceptors (Lipinski definition) is 1. The van der Waals surface area contributed by atoms with Crippen molar-refractivity contribution in [3.63, 3.8) is 0 Å². The molecule has 0 spiro atoms. The summed E-state index contributed by atoms with van der Waals surface area (Å²) in [6.45, 7) is 7.68. The van der Waals surface area contributed by atoms with Crippen molar-refractivity contribution in [1.29, 1.82) is 0 Å². The fraction of sp³-hybridized carbons (Fsp3) is 0.300. The van der Waals surface area contributed by atoms with Gasteiger partial charge in [0.15, 0.2) is 0 Å². The number of aryl methyl sites for hydroxylation is 1. The number of hydrogen-bond donors (Lipinski definition) is 1. The lowest BCUT2D eigenvalue weighted by Gasteiger charge is -2.20. The Hall–Kier alpha value is -1.86. The maximum atomic E-state index is 4.42. The minimum atomic E-state index is 0.512. The van der Waals surface area contributed by atoms with E-state index >= 15 is 0 Å². The molecule has 2 aromatic rings. The van der Waals surface area contributed by atoms with Crippen LogP contribution in [-0.4, -0.2) is 12.6 Å². The van der Waals surface area contributed by atoms with Crippen LogP contribution in [0.1, 0.15) is 28.2 Å². The summed E-state index contributed by atoms with van der Waals surface area (Å²) in [5.74, 6) is 1.17. The lowest BCUT2D eigenvalue weighted by Crippen LogP contribution is -2.29. The van der Waals surface area contributed by atoms with E-state index in [1.54, 1.807) is 0 Å². The second kappa shape index (κ2) is 4.85. The molecular formula is C20H21N. The zero-order valence-electron chi connectivity index (χ0n) is 12.5. The van der Waals surface area contributed by atoms with E-state index in [0.717, 1.165) is 13.0 Å². The van der Waals surface area contributed by atoms with Crippen molar-refractivity contribution in [2.75, 3.05) is 6.54 Å². The van der Waals surface area contributed by atoms with Crippen molar-refractivity contribution in [1.82, 2.24) is 5.32 Å². The second-order valence-electron chi connectivity index (χ2n) is 6.45. The number of fused-ring (bicyclic) bond motifs is 3. The van der Waals surface area contributed by atoms with Crippen molar-refractivity contribution in [2.45, 2.75) is 25.3 Å². The Morgan fingerprint density at radius 1 is 1.14 bits per heavy atom. The van der Waals surface area contributed by atoms with Gasteiger partial charge in [-0.2, -0.15) is 0 Å². The molecule has 1 aliphatic heterocycles. The summed E-state index contributed by atoms with van der Waals surface area (Å²) in [6.07, 6.45) is 1.09. The SMILES string of the molecule is C=C1c2ccc(C)cc2C2CNC(Cc3ccccc3)C12. The quantitative estimate of drug-likeness (QED) is 0.875. The van der Waals surface area contributed by atoms with Gasteiger partial charge in [-0.1, -0.05) is 60.7 Å². The van der Waals surface area contributed by atoms with Crippen LogP contribution in [0.3, 0.4) is 0 Å². The van der Waals surface area contributed by atoms with E-state index in [-0.39, 0.29) is 0 Å². The average molecular weight is 275 g/mol. The van der Waals surface area contributed by atoms with Crippen molar-refractivity contribution in [3.05, 3.63) is 77.4 Å². The third-order valence-corrected chi connectivity index (χ3v) is 5.12. The monoisotopic (exact) mass is 275 g/mol. The first-order valence-electron chi connectivity index (χ1n) is 7.81. The molecule has 0 radical (unpaired) electrons. The van der Waals surface area contributed by atoms with Crippen LogP contribution in [0.15, 0.2) is 55.1 Å². The first kappa shape index (κ1) is 12.8. The molecule has 0 aromatic heterocycles. The van der Waals surface area contributed by atoms with Crippen LogP contribution < -0.4 is 5.32 Å². The molecule has 3 atom stereocenters. The summed E-state index contributed by atoms with van der Waals surface area (Å²) in [7, 11) is 0. The van der Waals surface area contributed by atoms with Crippen molar-refractivity contribution in [3.8, 4) is 0 Å². The van der Waals surface area contributed by atoms with Gasteiger partial charge in [-0.3, -0.25) is 0 Å². The highest BCUT2D eigenvalue weighted by Crippen LogP contribution is 2.49. The molecule has 1 heteroatoms. The molecule has 1 nitrogen and oxygen atoms in total. The normalized spacial score (nSPS) is 26.7. The molecule has 0 saturated carbocycles. The standard InChI is InChI=1S/C20H21N/c1-13-8-9-16-14(2)20-18(17(16)10-13)12-21-19(20)11-15-6-4-3-5-7-15/h3-10,18-21H,2,11-12H2,1H3. The number of nitrogens with one attached hydrogen (secondary N) is 1. The predicted octanol–water partition coefficient (Wildman–Crippen LogP) is 3.94. The van der Waals surface area contributed by atoms with Gasteiger partial charge in [-0.25, -0.2) is 0 Å². The van der Waals surface area contributed by atoms with Gasteiger partial charge >= 0.3 is 0 Å². The molecule has 0 amide bonds. The lowest BCUT2D eigenvalue weighted by atomic mass is 9.86. The summed E-state index contributed by atoms with van der Waals surface area (Å²) in [5.41, 5.74) is 7.01. The van der Waals surface area contributed by atoms with Gasteiger partial charge in [-0.05, 0) is 35.6 Å². The maximum Gasteiger partial charge on any atom is 0.0183 e. The van der Waals surface area contributed by atoms with Crippen molar-refractivity contribution >= 4 is 5.57 Å². The Morgan fingerprint density at radius 3 is 2.76 bits per heavy atom. The third kappa shape index (κ3) is 2.04. The van der Waals surface area contributed by atoms with Crippen LogP contribution in [0, 0.1) is 12.8 Å². The van der Waals surface area contributed by atoms with Gasteiger partial charge in [0, 0.05) is 24.4 Å². The third-order valence-electron chi connectivity index (χ3n) is 5.12. The Labute approximate surface area is 126 Å². The highest BCUT2D eigenvalue weighted by molar-refractivity contribution is 5.76. The zero-order valence-corrected chi connectivity index (χ0v) is 12.5. The van der Waals surface area contributed by atoms with Crippen LogP contribution in [0.4, 0.5) is 0 Å². The minimum absolute atomic E-state index is 0.512. The van der Waals surface area contributed by atoms with Crippen LogP contribution in [0.2, 0.25) is 0 Å². The maximum absolute atomic E-state index is 4.42. The smallest absolute Gasteiger partial charge is 0.0183 e. The van der Waals surface area contributed by atoms with Gasteiger partial charge in [0.1, 0.15) is 0 Å². The number of rotatable bonds is 2. The Bertz CT molecular complexity index is 686. The topological polar surface area (TPSA) is 12.0 Å². The molecule has 1 fully saturated rings. The summed E-state index contributed by atoms with van der Waals surface area (Å²) in [6, 6.07) is 18.1. The first-order valence-corrected chi connectivity index (χ1v) is 7.81. The van der Waals surface area contributed by atoms with Crippen LogP contribution in [0.25, 0.3) is 5.57 Å². The summed E-state index contributed by atoms with van der Waals surface area (Å²) in [5, 5.41) is 3.74. The van der Waals surface area contributed by atoms with Gasteiger partial charge in [-0.15, -0.1) is 0 Å². The molecule has 21 heavy (non-hydrogen) atoms. The first-order chi connectivity index (χ1) is 10.2. The molecule has 2 aromatic carbocycles. The fourth-order valence-electron chi connectivity index (χ4n) is 4.13. The zero-order chi connectivity index (χ0) is 14.4. The van der Waals surface area contributed by atoms with Crippen LogP contribution in [0.5, 0.6) is 0 Å². The van der Waals surface area contributed by atoms with E-state index in [2.05, 4.69) is 67.4 Å². The summed E-state index contributed by atoms with van der Waals surface area (Å²) < 4.78 is 0. The average Bonchev–Trinajstić information content (AvgIpc) is 3.01. The van der Waals surface area contributed by atoms with Crippen LogP contribution in [-0.2, 0) is 6.42 Å². The highest BCUT2D eigenvalue weighted by atomic mass is 15.0. The molecule has 0 bridgehead atoms. The Balaban J connectivity index is 1.64. The lowest BCUT2D eigenvalue weighted by molar-refractivity contribution is 0.522. The molecule has 2 aliphatic rings. The molecule has 1 N–H and O–H groups in total. The van der Waals surface area contributed by atoms with Crippen molar-refractivity contribution in [2.24, 2.45) is 5.92 Å². The molecule has 1 heterocycles. The minimum Gasteiger partial charge on any atom is -0.312 e. The second-order valence-corrected chi connectivity index (χ2v) is 6.45. The van der Waals surface area contributed by atoms with Gasteiger partial charge < -0.3 is 5.32 Å². The highest BCUT2D eigenvalue weighted by Gasteiger charge is 2.44. The predicted molar refractivity (Wildman–Crippen MR) is 88.4 cm³/mol. The van der Waals surface area contributed by atoms with Gasteiger partial charge in [0.05, 0.1) is 0 Å². The fourth-order valence-corrected chi connectivity index (χ4v) is 4.13. The van der Waals surface area contributed by atoms with E-state index in [0.29, 0.717) is 17.9 Å². The summed E-state index contributed by atoms with van der Waals surface area (Å²) >= 11 is 0. The van der Waals surface area contributed by atoms with E-state index < -0.39 is 0 Å². The van der Waals surface area contributed by atoms with Crippen LogP contribution >= 0.6 is 0 Å². The largest absolute Gasteiger partial charge is 0.312 e. The molecular weight excluding hydrogens is 254 g/mol. The van der Waals surface area contributed by atoms with E-state index in [1.165, 1.54) is 27.8 Å². The Kier molecular flexibility index (Phi) is 2.97. The molecule has 1 saturated heterocycles. The van der Waals surface area contributed by atoms with E-state index in [1.807, 2.05) is 0 Å². The van der Waals surface area contributed by atoms with E-state index in [9.17, 15) is 0 Å². The van der Waals surface area contributed by atoms with Crippen molar-refractivity contribution < 1.29 is 0 Å². The molecule has 3 unspecified atom stereocenters.